The molecule has 0 fully saturated rings. The van der Waals surface area contributed by atoms with Gasteiger partial charge in [0.2, 0.25) is 0 Å². The van der Waals surface area contributed by atoms with Crippen LogP contribution in [0.25, 0.3) is 0 Å². The molecule has 0 aromatic heterocycles. The Morgan fingerprint density at radius 2 is 1.50 bits per heavy atom. The SMILES string of the molecule is C=C(C(=O)OC(=O)c1ccccc1C(=O)c1ccccc1)C(=O)C(N)CCCCN. The largest absolute Gasteiger partial charge is 0.386 e. The van der Waals surface area contributed by atoms with E-state index in [-0.39, 0.29) is 11.1 Å². The smallest absolute Gasteiger partial charge is 0.349 e. The van der Waals surface area contributed by atoms with Gasteiger partial charge in [-0.2, -0.15) is 0 Å². The van der Waals surface area contributed by atoms with Crippen molar-refractivity contribution < 1.29 is 23.9 Å². The van der Waals surface area contributed by atoms with Crippen LogP contribution in [0.3, 0.4) is 0 Å². The Bertz CT molecular complexity index is 953. The highest BCUT2D eigenvalue weighted by Gasteiger charge is 2.27. The average molecular weight is 408 g/mol. The molecule has 2 aromatic carbocycles. The van der Waals surface area contributed by atoms with E-state index < -0.39 is 35.1 Å². The van der Waals surface area contributed by atoms with Gasteiger partial charge in [-0.05, 0) is 25.5 Å². The second-order valence-corrected chi connectivity index (χ2v) is 6.65. The number of Topliss-reactive ketones (excluding diaryl/α,β-unsaturated/α-hetero) is 1. The number of esters is 2. The molecule has 0 aliphatic carbocycles. The standard InChI is InChI=1S/C23H24N2O5/c1-15(20(26)19(25)13-7-8-14-24)22(28)30-23(29)18-12-6-5-11-17(18)21(27)16-9-3-2-4-10-16/h2-6,9-12,19H,1,7-8,13-14,24-25H2. The summed E-state index contributed by atoms with van der Waals surface area (Å²) in [5.41, 5.74) is 11.0. The molecule has 7 heteroatoms. The van der Waals surface area contributed by atoms with Gasteiger partial charge in [-0.3, -0.25) is 9.59 Å². The third-order valence-electron chi connectivity index (χ3n) is 4.46. The number of ether oxygens (including phenoxy) is 1. The van der Waals surface area contributed by atoms with Crippen LogP contribution >= 0.6 is 0 Å². The Hall–Kier alpha value is -3.42. The Balaban J connectivity index is 2.11. The van der Waals surface area contributed by atoms with Gasteiger partial charge in [0.15, 0.2) is 11.6 Å². The van der Waals surface area contributed by atoms with Crippen molar-refractivity contribution in [3.05, 3.63) is 83.4 Å². The summed E-state index contributed by atoms with van der Waals surface area (Å²) in [5, 5.41) is 0. The lowest BCUT2D eigenvalue weighted by molar-refractivity contribution is -0.135. The molecule has 1 atom stereocenters. The van der Waals surface area contributed by atoms with Gasteiger partial charge in [0.1, 0.15) is 0 Å². The Labute approximate surface area is 174 Å². The van der Waals surface area contributed by atoms with Crippen LogP contribution in [0.1, 0.15) is 45.5 Å². The zero-order chi connectivity index (χ0) is 22.1. The highest BCUT2D eigenvalue weighted by Crippen LogP contribution is 2.17. The lowest BCUT2D eigenvalue weighted by Gasteiger charge is -2.12. The highest BCUT2D eigenvalue weighted by atomic mass is 16.6. The molecule has 0 amide bonds. The van der Waals surface area contributed by atoms with Crippen LogP contribution < -0.4 is 11.5 Å². The van der Waals surface area contributed by atoms with E-state index in [1.165, 1.54) is 18.2 Å². The monoisotopic (exact) mass is 408 g/mol. The number of carbonyl (C=O) groups excluding carboxylic acids is 4. The first-order valence-corrected chi connectivity index (χ1v) is 9.50. The summed E-state index contributed by atoms with van der Waals surface area (Å²) in [6, 6.07) is 13.4. The van der Waals surface area contributed by atoms with Gasteiger partial charge >= 0.3 is 11.9 Å². The molecule has 30 heavy (non-hydrogen) atoms. The topological polar surface area (TPSA) is 130 Å². The van der Waals surface area contributed by atoms with Crippen LogP contribution in [0.2, 0.25) is 0 Å². The average Bonchev–Trinajstić information content (AvgIpc) is 2.78. The molecule has 0 saturated carbocycles. The van der Waals surface area contributed by atoms with Gasteiger partial charge < -0.3 is 16.2 Å². The molecular weight excluding hydrogens is 384 g/mol. The molecule has 0 radical (unpaired) electrons. The maximum Gasteiger partial charge on any atom is 0.349 e. The number of carbonyl (C=O) groups is 4. The first-order chi connectivity index (χ1) is 14.4. The van der Waals surface area contributed by atoms with Gasteiger partial charge in [0, 0.05) is 11.1 Å². The van der Waals surface area contributed by atoms with Crippen molar-refractivity contribution in [1.29, 1.82) is 0 Å². The molecule has 2 aromatic rings. The molecule has 0 heterocycles. The van der Waals surface area contributed by atoms with Crippen molar-refractivity contribution in [2.24, 2.45) is 11.5 Å². The van der Waals surface area contributed by atoms with Crippen molar-refractivity contribution in [2.45, 2.75) is 25.3 Å². The maximum atomic E-state index is 12.7. The number of hydrogen-bond donors (Lipinski definition) is 2. The quantitative estimate of drug-likeness (QED) is 0.154. The van der Waals surface area contributed by atoms with E-state index in [0.717, 1.165) is 0 Å². The molecule has 0 saturated heterocycles. The van der Waals surface area contributed by atoms with Crippen molar-refractivity contribution in [1.82, 2.24) is 0 Å². The molecule has 0 aliphatic heterocycles. The van der Waals surface area contributed by atoms with Crippen LogP contribution in [0.5, 0.6) is 0 Å². The minimum atomic E-state index is -1.19. The number of rotatable bonds is 10. The number of nitrogens with two attached hydrogens (primary N) is 2. The van der Waals surface area contributed by atoms with Crippen molar-refractivity contribution in [2.75, 3.05) is 6.54 Å². The summed E-state index contributed by atoms with van der Waals surface area (Å²) in [6.07, 6.45) is 1.66. The minimum absolute atomic E-state index is 0.0805. The summed E-state index contributed by atoms with van der Waals surface area (Å²) < 4.78 is 4.80. The molecule has 156 valence electrons. The van der Waals surface area contributed by atoms with Crippen LogP contribution in [-0.4, -0.2) is 36.1 Å². The zero-order valence-electron chi connectivity index (χ0n) is 16.5. The molecule has 4 N–H and O–H groups in total. The molecule has 0 spiro atoms. The molecule has 1 unspecified atom stereocenters. The van der Waals surface area contributed by atoms with E-state index in [0.29, 0.717) is 31.4 Å². The predicted octanol–water partition coefficient (Wildman–Crippen LogP) is 2.18. The Morgan fingerprint density at radius 1 is 0.900 bits per heavy atom. The van der Waals surface area contributed by atoms with Gasteiger partial charge in [-0.25, -0.2) is 9.59 Å². The van der Waals surface area contributed by atoms with Gasteiger partial charge in [-0.1, -0.05) is 61.5 Å². The van der Waals surface area contributed by atoms with E-state index in [1.807, 2.05) is 0 Å². The van der Waals surface area contributed by atoms with Crippen molar-refractivity contribution >= 4 is 23.5 Å². The number of hydrogen-bond acceptors (Lipinski definition) is 7. The van der Waals surface area contributed by atoms with Gasteiger partial charge in [0.25, 0.3) is 0 Å². The van der Waals surface area contributed by atoms with E-state index in [1.54, 1.807) is 36.4 Å². The first-order valence-electron chi connectivity index (χ1n) is 9.50. The molecule has 0 bridgehead atoms. The Kier molecular flexibility index (Phi) is 8.34. The van der Waals surface area contributed by atoms with Crippen molar-refractivity contribution in [3.63, 3.8) is 0 Å². The molecule has 7 nitrogen and oxygen atoms in total. The summed E-state index contributed by atoms with van der Waals surface area (Å²) in [6.45, 7) is 3.88. The zero-order valence-corrected chi connectivity index (χ0v) is 16.5. The fourth-order valence-corrected chi connectivity index (χ4v) is 2.77. The third-order valence-corrected chi connectivity index (χ3v) is 4.46. The summed E-state index contributed by atoms with van der Waals surface area (Å²) in [5.74, 6) is -3.34. The second-order valence-electron chi connectivity index (χ2n) is 6.65. The first kappa shape index (κ1) is 22.9. The Morgan fingerprint density at radius 3 is 2.13 bits per heavy atom. The second kappa shape index (κ2) is 10.9. The normalized spacial score (nSPS) is 11.4. The fraction of sp³-hybridized carbons (Fsp3) is 0.217. The maximum absolute atomic E-state index is 12.7. The predicted molar refractivity (Wildman–Crippen MR) is 112 cm³/mol. The van der Waals surface area contributed by atoms with Crippen LogP contribution in [0.4, 0.5) is 0 Å². The fourth-order valence-electron chi connectivity index (χ4n) is 2.77. The molecular formula is C23H24N2O5. The van der Waals surface area contributed by atoms with Gasteiger partial charge in [0.05, 0.1) is 17.2 Å². The van der Waals surface area contributed by atoms with E-state index in [2.05, 4.69) is 6.58 Å². The van der Waals surface area contributed by atoms with Crippen LogP contribution in [0.15, 0.2) is 66.7 Å². The van der Waals surface area contributed by atoms with Gasteiger partial charge in [-0.15, -0.1) is 0 Å². The molecule has 0 aliphatic rings. The number of benzene rings is 2. The number of ketones is 2. The highest BCUT2D eigenvalue weighted by molar-refractivity contribution is 6.22. The lowest BCUT2D eigenvalue weighted by atomic mass is 9.98. The third kappa shape index (κ3) is 5.79. The summed E-state index contributed by atoms with van der Waals surface area (Å²) in [4.78, 5) is 49.7. The lowest BCUT2D eigenvalue weighted by Crippen LogP contribution is -2.34. The summed E-state index contributed by atoms with van der Waals surface area (Å²) in [7, 11) is 0. The van der Waals surface area contributed by atoms with E-state index in [4.69, 9.17) is 16.2 Å². The van der Waals surface area contributed by atoms with Crippen molar-refractivity contribution in [3.8, 4) is 0 Å². The van der Waals surface area contributed by atoms with Crippen LogP contribution in [0, 0.1) is 0 Å². The van der Waals surface area contributed by atoms with Crippen LogP contribution in [-0.2, 0) is 14.3 Å². The minimum Gasteiger partial charge on any atom is -0.386 e. The van der Waals surface area contributed by atoms with E-state index >= 15 is 0 Å². The number of unbranched alkanes of at least 4 members (excludes halogenated alkanes) is 1. The molecule has 2 rings (SSSR count). The summed E-state index contributed by atoms with van der Waals surface area (Å²) >= 11 is 0. The van der Waals surface area contributed by atoms with E-state index in [9.17, 15) is 19.2 Å².